The monoisotopic (exact) mass is 636 g/mol. The molecule has 0 radical (unpaired) electrons. The summed E-state index contributed by atoms with van der Waals surface area (Å²) < 4.78 is 41.8. The molecule has 2 heterocycles. The Labute approximate surface area is 236 Å². The fraction of sp³-hybridized carbons (Fsp3) is 0.536. The van der Waals surface area contributed by atoms with Crippen LogP contribution in [-0.2, 0) is 54.8 Å². The van der Waals surface area contributed by atoms with Crippen molar-refractivity contribution in [2.45, 2.75) is 75.6 Å². The Morgan fingerprint density at radius 3 is 2.03 bits per heavy atom. The van der Waals surface area contributed by atoms with Crippen LogP contribution in [0.25, 0.3) is 11.1 Å². The number of nitrogens with zero attached hydrogens (tertiary/aromatic N) is 1. The van der Waals surface area contributed by atoms with Crippen molar-refractivity contribution in [1.82, 2.24) is 3.70 Å². The zero-order valence-electron chi connectivity index (χ0n) is 21.9. The summed E-state index contributed by atoms with van der Waals surface area (Å²) >= 11 is 2.77. The third-order valence-corrected chi connectivity index (χ3v) is 9.69. The normalized spacial score (nSPS) is 21.9. The Morgan fingerprint density at radius 1 is 0.947 bits per heavy atom. The van der Waals surface area contributed by atoms with E-state index in [-0.39, 0.29) is 12.7 Å². The molecule has 2 aromatic rings. The predicted octanol–water partition coefficient (Wildman–Crippen LogP) is 4.74. The molecule has 2 unspecified atom stereocenters. The van der Waals surface area contributed by atoms with Gasteiger partial charge in [-0.1, -0.05) is 0 Å². The van der Waals surface area contributed by atoms with E-state index < -0.39 is 26.8 Å². The third kappa shape index (κ3) is 7.44. The minimum atomic E-state index is -3.74. The van der Waals surface area contributed by atoms with Gasteiger partial charge in [-0.25, -0.2) is 0 Å². The van der Waals surface area contributed by atoms with Crippen molar-refractivity contribution in [3.8, 4) is 16.9 Å². The van der Waals surface area contributed by atoms with Gasteiger partial charge in [0.15, 0.2) is 6.29 Å². The Kier molecular flexibility index (Phi) is 10.0. The van der Waals surface area contributed by atoms with E-state index in [1.165, 1.54) is 6.92 Å². The molecule has 0 saturated carbocycles. The van der Waals surface area contributed by atoms with E-state index in [2.05, 4.69) is 19.4 Å². The first-order chi connectivity index (χ1) is 18.2. The van der Waals surface area contributed by atoms with Crippen LogP contribution in [-0.4, -0.2) is 54.8 Å². The molecule has 38 heavy (non-hydrogen) atoms. The number of ether oxygens (including phenoxy) is 3. The molecule has 0 bridgehead atoms. The molecule has 2 saturated heterocycles. The fourth-order valence-corrected chi connectivity index (χ4v) is 6.04. The number of rotatable bonds is 10. The van der Waals surface area contributed by atoms with Crippen LogP contribution in [0, 0.1) is 0 Å². The van der Waals surface area contributed by atoms with Crippen molar-refractivity contribution >= 4 is 15.7 Å². The van der Waals surface area contributed by atoms with Gasteiger partial charge in [0.1, 0.15) is 5.75 Å². The molecule has 2 aliphatic rings. The summed E-state index contributed by atoms with van der Waals surface area (Å²) in [6, 6.07) is 15.8. The molecule has 0 spiro atoms. The third-order valence-electron chi connectivity index (χ3n) is 7.20. The van der Waals surface area contributed by atoms with Gasteiger partial charge >= 0.3 is 190 Å². The summed E-state index contributed by atoms with van der Waals surface area (Å²) in [4.78, 5) is 18.8. The second-order valence-corrected chi connectivity index (χ2v) is 13.1. The number of carbonyl (C=O) groups is 1. The quantitative estimate of drug-likeness (QED) is 0.275. The molecule has 1 amide bonds. The summed E-state index contributed by atoms with van der Waals surface area (Å²) in [6.07, 6.45) is 6.48. The number of aryl methyl sites for hydroxylation is 1. The second kappa shape index (κ2) is 13.0. The van der Waals surface area contributed by atoms with Crippen molar-refractivity contribution < 1.29 is 51.7 Å². The number of benzene rings is 2. The Morgan fingerprint density at radius 2 is 1.50 bits per heavy atom. The maximum atomic E-state index is 13.2. The van der Waals surface area contributed by atoms with Crippen molar-refractivity contribution in [2.24, 2.45) is 0 Å². The van der Waals surface area contributed by atoms with Crippen LogP contribution in [0.4, 0.5) is 0 Å². The molecule has 2 aliphatic heterocycles. The van der Waals surface area contributed by atoms with E-state index in [0.29, 0.717) is 19.4 Å². The average molecular weight is 637 g/mol. The molecule has 211 valence electrons. The number of hydroxylamine groups is 1. The summed E-state index contributed by atoms with van der Waals surface area (Å²) in [6.45, 7) is 2.74. The Balaban J connectivity index is 1.37. The molecule has 0 N–H and O–H groups in total. The average Bonchev–Trinajstić information content (AvgIpc) is 2.92. The zero-order chi connectivity index (χ0) is 27.2. The summed E-state index contributed by atoms with van der Waals surface area (Å²) in [7, 11) is -3.74. The zero-order valence-corrected chi connectivity index (χ0v) is 24.2. The van der Waals surface area contributed by atoms with Crippen LogP contribution < -0.4 is 4.74 Å². The standard InChI is InChI=1S/C28H37NO7S.Pd/c1-28(37(2,31)32,27(30)29-36-26-8-4-6-20-34-26)18-17-21-9-11-22(12-10-21)23-13-15-24(16-14-23)35-25-7-3-5-19-33-25;/h9-16,25-26H,3-8,17-20H2,1-2H3,(H,29,30);/q;+1/p-1/t25?,26?,28-;/m1./s1. The molecule has 4 rings (SSSR count). The predicted molar refractivity (Wildman–Crippen MR) is 139 cm³/mol. The van der Waals surface area contributed by atoms with Crippen LogP contribution in [0.2, 0.25) is 0 Å². The second-order valence-electron chi connectivity index (χ2n) is 10.1. The van der Waals surface area contributed by atoms with Gasteiger partial charge in [0.05, 0.1) is 6.61 Å². The van der Waals surface area contributed by atoms with E-state index in [0.717, 1.165) is 71.1 Å². The Bertz CT molecular complexity index is 1160. The van der Waals surface area contributed by atoms with Gasteiger partial charge in [-0.3, -0.25) is 0 Å². The molecule has 10 heteroatoms. The number of carbonyl (C=O) groups excluding carboxylic acids is 1. The van der Waals surface area contributed by atoms with Crippen molar-refractivity contribution in [2.75, 3.05) is 19.5 Å². The van der Waals surface area contributed by atoms with E-state index in [1.54, 1.807) is 0 Å². The fourth-order valence-electron chi connectivity index (χ4n) is 4.49. The summed E-state index contributed by atoms with van der Waals surface area (Å²) in [5.41, 5.74) is 3.01. The molecular weight excluding hydrogens is 601 g/mol. The molecule has 0 aromatic heterocycles. The van der Waals surface area contributed by atoms with Crippen LogP contribution in [0.15, 0.2) is 48.5 Å². The maximum absolute atomic E-state index is 13.2. The van der Waals surface area contributed by atoms with Crippen LogP contribution in [0.5, 0.6) is 5.75 Å². The molecule has 8 nitrogen and oxygen atoms in total. The first-order valence-electron chi connectivity index (χ1n) is 13.1. The first-order valence-corrected chi connectivity index (χ1v) is 15.7. The molecule has 2 fully saturated rings. The van der Waals surface area contributed by atoms with E-state index in [4.69, 9.17) is 19.0 Å². The van der Waals surface area contributed by atoms with Crippen molar-refractivity contribution in [1.29, 1.82) is 0 Å². The molecule has 2 aromatic carbocycles. The van der Waals surface area contributed by atoms with Gasteiger partial charge in [-0.15, -0.1) is 0 Å². The van der Waals surface area contributed by atoms with Gasteiger partial charge in [-0.2, -0.15) is 0 Å². The van der Waals surface area contributed by atoms with E-state index in [9.17, 15) is 13.2 Å². The van der Waals surface area contributed by atoms with Crippen molar-refractivity contribution in [3.63, 3.8) is 0 Å². The number of hydrogen-bond acceptors (Lipinski definition) is 7. The SMILES string of the molecule is C[C@@](CCc1ccc(-c2ccc(OC3CCCCO3)cc2)cc1)(C(=O)[N]([Pd])OC1CCCCO1)S(C)(=O)=O. The Hall–Kier alpha value is -1.80. The summed E-state index contributed by atoms with van der Waals surface area (Å²) in [5, 5.41) is 0. The van der Waals surface area contributed by atoms with E-state index >= 15 is 0 Å². The van der Waals surface area contributed by atoms with Gasteiger partial charge < -0.3 is 9.47 Å². The molecular formula is C28H36NO7PdS. The van der Waals surface area contributed by atoms with Crippen LogP contribution in [0.3, 0.4) is 0 Å². The van der Waals surface area contributed by atoms with Gasteiger partial charge in [0.25, 0.3) is 0 Å². The molecule has 3 atom stereocenters. The minimum absolute atomic E-state index is 0.113. The van der Waals surface area contributed by atoms with Gasteiger partial charge in [0.2, 0.25) is 0 Å². The van der Waals surface area contributed by atoms with Crippen LogP contribution >= 0.6 is 0 Å². The molecule has 0 aliphatic carbocycles. The summed E-state index contributed by atoms with van der Waals surface area (Å²) in [5.74, 6) is 0.123. The van der Waals surface area contributed by atoms with E-state index in [1.807, 2.05) is 48.5 Å². The van der Waals surface area contributed by atoms with Gasteiger partial charge in [-0.05, 0) is 12.8 Å². The number of amides is 1. The van der Waals surface area contributed by atoms with Gasteiger partial charge in [0, 0.05) is 6.42 Å². The van der Waals surface area contributed by atoms with Crippen molar-refractivity contribution in [3.05, 3.63) is 54.1 Å². The number of hydrogen-bond donors (Lipinski definition) is 0. The topological polar surface area (TPSA) is 91.4 Å². The number of sulfone groups is 1. The first kappa shape index (κ1) is 29.2. The van der Waals surface area contributed by atoms with Crippen LogP contribution in [0.1, 0.15) is 57.4 Å².